The van der Waals surface area contributed by atoms with Gasteiger partial charge in [0.25, 0.3) is 0 Å². The third kappa shape index (κ3) is 2.61. The summed E-state index contributed by atoms with van der Waals surface area (Å²) in [5.41, 5.74) is 1.21. The first-order valence-electron chi connectivity index (χ1n) is 5.64. The molecule has 0 aromatic carbocycles. The Morgan fingerprint density at radius 1 is 1.62 bits per heavy atom. The third-order valence-corrected chi connectivity index (χ3v) is 4.93. The zero-order valence-corrected chi connectivity index (χ0v) is 11.2. The van der Waals surface area contributed by atoms with Gasteiger partial charge in [-0.15, -0.1) is 23.1 Å². The molecule has 0 amide bonds. The molecule has 0 aliphatic carbocycles. The standard InChI is InChI=1S/C12H16O2S2/c1-3-4-11(13)14-10-7-8(2)16-12-9(10)5-6-15-12/h5-6,8,10H,3-4,7H2,1-2H3/t8-,10+/m1/s1. The summed E-state index contributed by atoms with van der Waals surface area (Å²) in [5, 5.41) is 2.61. The molecule has 0 spiro atoms. The van der Waals surface area contributed by atoms with E-state index in [1.807, 2.05) is 18.7 Å². The van der Waals surface area contributed by atoms with Crippen LogP contribution in [0.2, 0.25) is 0 Å². The van der Waals surface area contributed by atoms with Crippen molar-refractivity contribution in [2.45, 2.75) is 48.7 Å². The smallest absolute Gasteiger partial charge is 0.306 e. The van der Waals surface area contributed by atoms with Gasteiger partial charge in [-0.3, -0.25) is 4.79 Å². The normalized spacial score (nSPS) is 23.9. The highest BCUT2D eigenvalue weighted by molar-refractivity contribution is 8.01. The molecule has 2 nitrogen and oxygen atoms in total. The van der Waals surface area contributed by atoms with Crippen molar-refractivity contribution in [3.8, 4) is 0 Å². The average molecular weight is 256 g/mol. The van der Waals surface area contributed by atoms with Gasteiger partial charge in [0.2, 0.25) is 0 Å². The molecule has 2 rings (SSSR count). The minimum atomic E-state index is -0.0660. The first-order chi connectivity index (χ1) is 7.70. The lowest BCUT2D eigenvalue weighted by molar-refractivity contribution is -0.150. The van der Waals surface area contributed by atoms with Gasteiger partial charge in [-0.2, -0.15) is 0 Å². The lowest BCUT2D eigenvalue weighted by Gasteiger charge is -2.26. The minimum absolute atomic E-state index is 0.0171. The summed E-state index contributed by atoms with van der Waals surface area (Å²) in [6, 6.07) is 2.09. The number of esters is 1. The molecule has 16 heavy (non-hydrogen) atoms. The van der Waals surface area contributed by atoms with E-state index in [4.69, 9.17) is 4.74 Å². The molecular formula is C12H16O2S2. The summed E-state index contributed by atoms with van der Waals surface area (Å²) in [6.45, 7) is 4.19. The lowest BCUT2D eigenvalue weighted by Crippen LogP contribution is -2.18. The number of hydrogen-bond donors (Lipinski definition) is 0. The zero-order chi connectivity index (χ0) is 11.5. The number of hydrogen-bond acceptors (Lipinski definition) is 4. The van der Waals surface area contributed by atoms with Crippen molar-refractivity contribution >= 4 is 29.1 Å². The highest BCUT2D eigenvalue weighted by Crippen LogP contribution is 2.45. The molecule has 0 saturated heterocycles. The predicted molar refractivity (Wildman–Crippen MR) is 68.0 cm³/mol. The Labute approximate surface area is 104 Å². The van der Waals surface area contributed by atoms with E-state index >= 15 is 0 Å². The fraction of sp³-hybridized carbons (Fsp3) is 0.583. The first-order valence-corrected chi connectivity index (χ1v) is 7.40. The Bertz CT molecular complexity index is 373. The number of carbonyl (C=O) groups is 1. The summed E-state index contributed by atoms with van der Waals surface area (Å²) in [6.07, 6.45) is 2.30. The fourth-order valence-corrected chi connectivity index (χ4v) is 4.36. The first kappa shape index (κ1) is 12.0. The molecule has 1 aliphatic heterocycles. The largest absolute Gasteiger partial charge is 0.457 e. The van der Waals surface area contributed by atoms with Gasteiger partial charge >= 0.3 is 5.97 Å². The molecule has 1 aromatic heterocycles. The van der Waals surface area contributed by atoms with Crippen LogP contribution < -0.4 is 0 Å². The van der Waals surface area contributed by atoms with Crippen LogP contribution in [0.4, 0.5) is 0 Å². The summed E-state index contributed by atoms with van der Waals surface area (Å²) < 4.78 is 6.85. The molecule has 2 atom stereocenters. The second-order valence-corrected chi connectivity index (χ2v) is 6.68. The van der Waals surface area contributed by atoms with Crippen molar-refractivity contribution < 1.29 is 9.53 Å². The van der Waals surface area contributed by atoms with E-state index in [1.165, 1.54) is 9.77 Å². The molecular weight excluding hydrogens is 240 g/mol. The van der Waals surface area contributed by atoms with Gasteiger partial charge in [-0.05, 0) is 17.9 Å². The number of ether oxygens (including phenoxy) is 1. The van der Waals surface area contributed by atoms with Crippen molar-refractivity contribution in [1.29, 1.82) is 0 Å². The summed E-state index contributed by atoms with van der Waals surface area (Å²) in [7, 11) is 0. The Hall–Kier alpha value is -0.480. The topological polar surface area (TPSA) is 26.3 Å². The number of rotatable bonds is 3. The van der Waals surface area contributed by atoms with E-state index in [9.17, 15) is 4.79 Å². The van der Waals surface area contributed by atoms with Crippen LogP contribution in [0.15, 0.2) is 15.7 Å². The molecule has 1 aromatic rings. The molecule has 0 saturated carbocycles. The molecule has 0 N–H and O–H groups in total. The quantitative estimate of drug-likeness (QED) is 0.764. The van der Waals surface area contributed by atoms with Gasteiger partial charge in [-0.25, -0.2) is 0 Å². The average Bonchev–Trinajstić information content (AvgIpc) is 2.65. The van der Waals surface area contributed by atoms with Gasteiger partial charge in [0.1, 0.15) is 6.10 Å². The maximum atomic E-state index is 11.5. The van der Waals surface area contributed by atoms with E-state index in [0.29, 0.717) is 11.7 Å². The Balaban J connectivity index is 2.08. The Kier molecular flexibility index (Phi) is 3.92. The molecule has 88 valence electrons. The minimum Gasteiger partial charge on any atom is -0.457 e. The van der Waals surface area contributed by atoms with Crippen molar-refractivity contribution in [2.75, 3.05) is 0 Å². The van der Waals surface area contributed by atoms with Crippen LogP contribution in [0.5, 0.6) is 0 Å². The monoisotopic (exact) mass is 256 g/mol. The van der Waals surface area contributed by atoms with Gasteiger partial charge in [0.05, 0.1) is 4.21 Å². The molecule has 0 fully saturated rings. The number of thioether (sulfide) groups is 1. The SMILES string of the molecule is CCCC(=O)O[C@H]1C[C@@H](C)Sc2sccc21. The van der Waals surface area contributed by atoms with Crippen LogP contribution in [0, 0.1) is 0 Å². The summed E-state index contributed by atoms with van der Waals surface area (Å²) in [5.74, 6) is -0.0660. The van der Waals surface area contributed by atoms with Crippen LogP contribution in [0.3, 0.4) is 0 Å². The van der Waals surface area contributed by atoms with Gasteiger partial charge in [0, 0.05) is 23.7 Å². The Morgan fingerprint density at radius 2 is 2.44 bits per heavy atom. The number of fused-ring (bicyclic) bond motifs is 1. The van der Waals surface area contributed by atoms with Crippen LogP contribution in [0.25, 0.3) is 0 Å². The summed E-state index contributed by atoms with van der Waals surface area (Å²) >= 11 is 3.63. The van der Waals surface area contributed by atoms with Crippen molar-refractivity contribution in [2.24, 2.45) is 0 Å². The van der Waals surface area contributed by atoms with Crippen LogP contribution in [-0.4, -0.2) is 11.2 Å². The number of thiophene rings is 1. The van der Waals surface area contributed by atoms with Crippen LogP contribution >= 0.6 is 23.1 Å². The van der Waals surface area contributed by atoms with E-state index < -0.39 is 0 Å². The number of carbonyl (C=O) groups excluding carboxylic acids is 1. The van der Waals surface area contributed by atoms with Crippen molar-refractivity contribution in [3.05, 3.63) is 17.0 Å². The summed E-state index contributed by atoms with van der Waals surface area (Å²) in [4.78, 5) is 11.5. The molecule has 2 heterocycles. The van der Waals surface area contributed by atoms with Crippen molar-refractivity contribution in [1.82, 2.24) is 0 Å². The third-order valence-electron chi connectivity index (χ3n) is 2.59. The maximum Gasteiger partial charge on any atom is 0.306 e. The fourth-order valence-electron chi connectivity index (χ4n) is 1.83. The lowest BCUT2D eigenvalue weighted by atomic mass is 10.1. The molecule has 0 radical (unpaired) electrons. The van der Waals surface area contributed by atoms with Crippen LogP contribution in [0.1, 0.15) is 44.8 Å². The second kappa shape index (κ2) is 5.23. The molecule has 0 bridgehead atoms. The highest BCUT2D eigenvalue weighted by atomic mass is 32.2. The van der Waals surface area contributed by atoms with Gasteiger partial charge in [-0.1, -0.05) is 13.8 Å². The molecule has 1 aliphatic rings. The maximum absolute atomic E-state index is 11.5. The second-order valence-electron chi connectivity index (χ2n) is 4.06. The van der Waals surface area contributed by atoms with Gasteiger partial charge < -0.3 is 4.74 Å². The van der Waals surface area contributed by atoms with Crippen LogP contribution in [-0.2, 0) is 9.53 Å². The van der Waals surface area contributed by atoms with Crippen molar-refractivity contribution in [3.63, 3.8) is 0 Å². The van der Waals surface area contributed by atoms with E-state index in [-0.39, 0.29) is 12.1 Å². The highest BCUT2D eigenvalue weighted by Gasteiger charge is 2.28. The molecule has 0 unspecified atom stereocenters. The van der Waals surface area contributed by atoms with E-state index in [0.717, 1.165) is 12.8 Å². The Morgan fingerprint density at radius 3 is 3.19 bits per heavy atom. The van der Waals surface area contributed by atoms with E-state index in [1.54, 1.807) is 11.3 Å². The zero-order valence-electron chi connectivity index (χ0n) is 9.56. The predicted octanol–water partition coefficient (Wildman–Crippen LogP) is 4.02. The van der Waals surface area contributed by atoms with E-state index in [2.05, 4.69) is 18.4 Å². The molecule has 4 heteroatoms. The van der Waals surface area contributed by atoms with Gasteiger partial charge in [0.15, 0.2) is 0 Å².